The SMILES string of the molecule is CSCCC(NC(=O)c1cc(-c2ccccc2)nc2c1cnn2C(C)C)c1nnc2ccccn12. The van der Waals surface area contributed by atoms with E-state index in [1.807, 2.05) is 69.9 Å². The second-order valence-electron chi connectivity index (χ2n) is 8.64. The van der Waals surface area contributed by atoms with Gasteiger partial charge >= 0.3 is 0 Å². The molecular weight excluding hydrogens is 458 g/mol. The Morgan fingerprint density at radius 1 is 1.09 bits per heavy atom. The number of benzene rings is 1. The minimum Gasteiger partial charge on any atom is -0.342 e. The van der Waals surface area contributed by atoms with Crippen molar-refractivity contribution in [3.05, 3.63) is 78.4 Å². The van der Waals surface area contributed by atoms with Gasteiger partial charge in [-0.3, -0.25) is 9.20 Å². The van der Waals surface area contributed by atoms with Gasteiger partial charge in [-0.25, -0.2) is 9.67 Å². The maximum absolute atomic E-state index is 13.8. The molecule has 1 aromatic carbocycles. The van der Waals surface area contributed by atoms with Crippen LogP contribution < -0.4 is 5.32 Å². The first-order valence-electron chi connectivity index (χ1n) is 11.6. The van der Waals surface area contributed by atoms with E-state index in [9.17, 15) is 4.79 Å². The zero-order chi connectivity index (χ0) is 24.4. The number of nitrogens with zero attached hydrogens (tertiary/aromatic N) is 6. The molecule has 0 aliphatic rings. The molecule has 5 rings (SSSR count). The van der Waals surface area contributed by atoms with Gasteiger partial charge in [-0.05, 0) is 50.5 Å². The quantitative estimate of drug-likeness (QED) is 0.335. The maximum atomic E-state index is 13.8. The van der Waals surface area contributed by atoms with Crippen LogP contribution in [0.5, 0.6) is 0 Å². The number of amides is 1. The van der Waals surface area contributed by atoms with Crippen molar-refractivity contribution in [2.24, 2.45) is 0 Å². The van der Waals surface area contributed by atoms with Gasteiger partial charge in [-0.15, -0.1) is 10.2 Å². The molecule has 5 aromatic rings. The molecule has 0 aliphatic carbocycles. The topological polar surface area (TPSA) is 90.0 Å². The van der Waals surface area contributed by atoms with Crippen molar-refractivity contribution in [3.8, 4) is 11.3 Å². The van der Waals surface area contributed by atoms with E-state index in [0.29, 0.717) is 11.2 Å². The second-order valence-corrected chi connectivity index (χ2v) is 9.62. The summed E-state index contributed by atoms with van der Waals surface area (Å²) in [7, 11) is 0. The van der Waals surface area contributed by atoms with Gasteiger partial charge in [0.2, 0.25) is 0 Å². The van der Waals surface area contributed by atoms with Gasteiger partial charge in [0.15, 0.2) is 17.1 Å². The summed E-state index contributed by atoms with van der Waals surface area (Å²) in [5.74, 6) is 1.41. The summed E-state index contributed by atoms with van der Waals surface area (Å²) in [4.78, 5) is 18.7. The molecule has 4 aromatic heterocycles. The maximum Gasteiger partial charge on any atom is 0.252 e. The summed E-state index contributed by atoms with van der Waals surface area (Å²) in [5, 5.41) is 17.2. The highest BCUT2D eigenvalue weighted by Gasteiger charge is 2.24. The molecule has 0 spiro atoms. The average Bonchev–Trinajstić information content (AvgIpc) is 3.51. The summed E-state index contributed by atoms with van der Waals surface area (Å²) in [6.07, 6.45) is 6.44. The fourth-order valence-corrected chi connectivity index (χ4v) is 4.65. The van der Waals surface area contributed by atoms with E-state index < -0.39 is 0 Å². The number of carbonyl (C=O) groups is 1. The van der Waals surface area contributed by atoms with Gasteiger partial charge < -0.3 is 5.32 Å². The first-order valence-corrected chi connectivity index (χ1v) is 13.0. The Morgan fingerprint density at radius 2 is 1.89 bits per heavy atom. The molecular formula is C26H27N7OS. The highest BCUT2D eigenvalue weighted by molar-refractivity contribution is 7.98. The number of aromatic nitrogens is 6. The van der Waals surface area contributed by atoms with Crippen LogP contribution in [0.1, 0.15) is 48.5 Å². The van der Waals surface area contributed by atoms with Crippen molar-refractivity contribution in [1.29, 1.82) is 0 Å². The number of nitrogens with one attached hydrogen (secondary N) is 1. The van der Waals surface area contributed by atoms with Crippen molar-refractivity contribution < 1.29 is 4.79 Å². The van der Waals surface area contributed by atoms with Crippen molar-refractivity contribution in [2.45, 2.75) is 32.4 Å². The molecule has 0 bridgehead atoms. The molecule has 8 nitrogen and oxygen atoms in total. The summed E-state index contributed by atoms with van der Waals surface area (Å²) in [5.41, 5.74) is 3.67. The van der Waals surface area contributed by atoms with Crippen molar-refractivity contribution >= 4 is 34.3 Å². The molecule has 4 heterocycles. The third kappa shape index (κ3) is 4.51. The van der Waals surface area contributed by atoms with Crippen LogP contribution in [0.2, 0.25) is 0 Å². The van der Waals surface area contributed by atoms with Gasteiger partial charge in [0, 0.05) is 17.8 Å². The molecule has 1 amide bonds. The van der Waals surface area contributed by atoms with E-state index in [1.54, 1.807) is 18.0 Å². The fourth-order valence-electron chi connectivity index (χ4n) is 4.18. The Morgan fingerprint density at radius 3 is 2.66 bits per heavy atom. The lowest BCUT2D eigenvalue weighted by Gasteiger charge is -2.18. The Hall–Kier alpha value is -3.72. The molecule has 1 N–H and O–H groups in total. The lowest BCUT2D eigenvalue weighted by atomic mass is 10.1. The molecule has 0 fully saturated rings. The van der Waals surface area contributed by atoms with Crippen LogP contribution in [-0.4, -0.2) is 47.3 Å². The van der Waals surface area contributed by atoms with E-state index in [1.165, 1.54) is 0 Å². The van der Waals surface area contributed by atoms with Gasteiger partial charge in [0.05, 0.1) is 28.9 Å². The van der Waals surface area contributed by atoms with Crippen LogP contribution >= 0.6 is 11.8 Å². The van der Waals surface area contributed by atoms with E-state index in [2.05, 4.69) is 40.7 Å². The third-order valence-electron chi connectivity index (χ3n) is 5.94. The van der Waals surface area contributed by atoms with Crippen LogP contribution in [0, 0.1) is 0 Å². The number of carbonyl (C=O) groups excluding carboxylic acids is 1. The minimum absolute atomic E-state index is 0.110. The Labute approximate surface area is 207 Å². The molecule has 1 unspecified atom stereocenters. The number of hydrogen-bond donors (Lipinski definition) is 1. The van der Waals surface area contributed by atoms with E-state index >= 15 is 0 Å². The minimum atomic E-state index is -0.295. The number of pyridine rings is 2. The summed E-state index contributed by atoms with van der Waals surface area (Å²) in [6, 6.07) is 17.3. The standard InChI is InChI=1S/C26H27N7OS/c1-17(2)33-24-20(16-27-33)19(15-22(28-24)18-9-5-4-6-10-18)26(34)29-21(12-14-35-3)25-31-30-23-11-7-8-13-32(23)25/h4-11,13,15-17,21H,12,14H2,1-3H3,(H,29,34). The van der Waals surface area contributed by atoms with Crippen LogP contribution in [0.15, 0.2) is 67.0 Å². The first kappa shape index (κ1) is 23.0. The molecule has 0 saturated heterocycles. The number of fused-ring (bicyclic) bond motifs is 2. The summed E-state index contributed by atoms with van der Waals surface area (Å²) in [6.45, 7) is 4.11. The highest BCUT2D eigenvalue weighted by atomic mass is 32.2. The predicted octanol–water partition coefficient (Wildman–Crippen LogP) is 4.95. The van der Waals surface area contributed by atoms with Crippen LogP contribution in [-0.2, 0) is 0 Å². The lowest BCUT2D eigenvalue weighted by molar-refractivity contribution is 0.0935. The van der Waals surface area contributed by atoms with Crippen molar-refractivity contribution in [2.75, 3.05) is 12.0 Å². The normalized spacial score (nSPS) is 12.5. The predicted molar refractivity (Wildman–Crippen MR) is 140 cm³/mol. The molecule has 0 saturated carbocycles. The number of thioether (sulfide) groups is 1. The Balaban J connectivity index is 1.58. The monoisotopic (exact) mass is 485 g/mol. The molecule has 178 valence electrons. The van der Waals surface area contributed by atoms with Gasteiger partial charge in [0.1, 0.15) is 0 Å². The van der Waals surface area contributed by atoms with Crippen LogP contribution in [0.3, 0.4) is 0 Å². The average molecular weight is 486 g/mol. The highest BCUT2D eigenvalue weighted by Crippen LogP contribution is 2.27. The zero-order valence-electron chi connectivity index (χ0n) is 19.9. The Bertz CT molecular complexity index is 1480. The largest absolute Gasteiger partial charge is 0.342 e. The first-order chi connectivity index (χ1) is 17.1. The molecule has 1 atom stereocenters. The van der Waals surface area contributed by atoms with E-state index in [0.717, 1.165) is 40.3 Å². The summed E-state index contributed by atoms with van der Waals surface area (Å²) < 4.78 is 3.79. The molecule has 9 heteroatoms. The van der Waals surface area contributed by atoms with Gasteiger partial charge in [0.25, 0.3) is 5.91 Å². The molecule has 0 radical (unpaired) electrons. The van der Waals surface area contributed by atoms with Crippen LogP contribution in [0.25, 0.3) is 27.9 Å². The van der Waals surface area contributed by atoms with Gasteiger partial charge in [-0.2, -0.15) is 16.9 Å². The van der Waals surface area contributed by atoms with Crippen LogP contribution in [0.4, 0.5) is 0 Å². The summed E-state index contributed by atoms with van der Waals surface area (Å²) >= 11 is 1.73. The molecule has 35 heavy (non-hydrogen) atoms. The van der Waals surface area contributed by atoms with Crippen molar-refractivity contribution in [1.82, 2.24) is 34.7 Å². The second kappa shape index (κ2) is 9.87. The smallest absolute Gasteiger partial charge is 0.252 e. The lowest BCUT2D eigenvalue weighted by Crippen LogP contribution is -2.30. The molecule has 0 aliphatic heterocycles. The van der Waals surface area contributed by atoms with E-state index in [-0.39, 0.29) is 18.0 Å². The number of hydrogen-bond acceptors (Lipinski definition) is 6. The number of rotatable bonds is 8. The zero-order valence-corrected chi connectivity index (χ0v) is 20.7. The third-order valence-corrected chi connectivity index (χ3v) is 6.58. The van der Waals surface area contributed by atoms with E-state index in [4.69, 9.17) is 4.98 Å². The van der Waals surface area contributed by atoms with Gasteiger partial charge in [-0.1, -0.05) is 36.4 Å². The fraction of sp³-hybridized carbons (Fsp3) is 0.269. The van der Waals surface area contributed by atoms with Crippen molar-refractivity contribution in [3.63, 3.8) is 0 Å². The Kier molecular flexibility index (Phi) is 6.50.